The fraction of sp³-hybridized carbons (Fsp3) is 0.238. The molecule has 0 radical (unpaired) electrons. The standard InChI is InChI=1S/C21H24N4O2S/c1-24(2)21(18-14-25(3)20-7-5-4-6-17(18)20)13-23-28(26,27)16-9-8-15-10-11-22-19(15)12-16/h4-12,14,21-23H,13H2,1-3H3. The first-order chi connectivity index (χ1) is 13.4. The molecule has 0 aliphatic carbocycles. The van der Waals surface area contributed by atoms with E-state index in [4.69, 9.17) is 0 Å². The topological polar surface area (TPSA) is 70.1 Å². The summed E-state index contributed by atoms with van der Waals surface area (Å²) in [5, 5.41) is 2.12. The van der Waals surface area contributed by atoms with Crippen LogP contribution in [0, 0.1) is 0 Å². The van der Waals surface area contributed by atoms with Gasteiger partial charge in [0.25, 0.3) is 0 Å². The van der Waals surface area contributed by atoms with Crippen molar-refractivity contribution >= 4 is 31.8 Å². The Hall–Kier alpha value is -2.61. The van der Waals surface area contributed by atoms with Gasteiger partial charge in [-0.2, -0.15) is 0 Å². The molecule has 2 N–H and O–H groups in total. The monoisotopic (exact) mass is 396 g/mol. The van der Waals surface area contributed by atoms with Crippen LogP contribution in [0.15, 0.2) is 65.8 Å². The molecule has 0 spiro atoms. The highest BCUT2D eigenvalue weighted by molar-refractivity contribution is 7.89. The van der Waals surface area contributed by atoms with Gasteiger partial charge in [-0.25, -0.2) is 13.1 Å². The molecule has 0 aliphatic heterocycles. The zero-order valence-corrected chi connectivity index (χ0v) is 17.0. The molecular formula is C21H24N4O2S. The molecule has 1 atom stereocenters. The molecule has 0 aliphatic rings. The smallest absolute Gasteiger partial charge is 0.240 e. The predicted octanol–water partition coefficient (Wildman–Crippen LogP) is 3.24. The lowest BCUT2D eigenvalue weighted by atomic mass is 10.1. The van der Waals surface area contributed by atoms with E-state index in [9.17, 15) is 8.42 Å². The van der Waals surface area contributed by atoms with Crippen molar-refractivity contribution in [1.82, 2.24) is 19.2 Å². The molecule has 7 heteroatoms. The molecule has 146 valence electrons. The summed E-state index contributed by atoms with van der Waals surface area (Å²) in [5.41, 5.74) is 3.04. The number of likely N-dealkylation sites (N-methyl/N-ethyl adjacent to an activating group) is 1. The number of benzene rings is 2. The molecule has 4 rings (SSSR count). The number of sulfonamides is 1. The predicted molar refractivity (Wildman–Crippen MR) is 113 cm³/mol. The molecule has 0 saturated carbocycles. The Morgan fingerprint density at radius 2 is 1.93 bits per heavy atom. The molecule has 0 saturated heterocycles. The molecular weight excluding hydrogens is 372 g/mol. The Bertz CT molecular complexity index is 1240. The van der Waals surface area contributed by atoms with Gasteiger partial charge in [-0.15, -0.1) is 0 Å². The number of rotatable bonds is 6. The van der Waals surface area contributed by atoms with Gasteiger partial charge in [-0.05, 0) is 49.3 Å². The van der Waals surface area contributed by atoms with Crippen molar-refractivity contribution in [3.8, 4) is 0 Å². The summed E-state index contributed by atoms with van der Waals surface area (Å²) in [6.07, 6.45) is 3.88. The minimum atomic E-state index is -3.62. The zero-order valence-electron chi connectivity index (χ0n) is 16.2. The molecule has 1 unspecified atom stereocenters. The van der Waals surface area contributed by atoms with E-state index in [1.54, 1.807) is 18.3 Å². The van der Waals surface area contributed by atoms with Crippen molar-refractivity contribution in [2.24, 2.45) is 7.05 Å². The molecule has 4 aromatic rings. The number of fused-ring (bicyclic) bond motifs is 2. The van der Waals surface area contributed by atoms with E-state index < -0.39 is 10.0 Å². The third-order valence-corrected chi connectivity index (χ3v) is 6.63. The normalized spacial score (nSPS) is 13.6. The fourth-order valence-electron chi connectivity index (χ4n) is 3.68. The third-order valence-electron chi connectivity index (χ3n) is 5.21. The molecule has 0 fully saturated rings. The lowest BCUT2D eigenvalue weighted by Gasteiger charge is -2.24. The van der Waals surface area contributed by atoms with E-state index in [-0.39, 0.29) is 17.5 Å². The van der Waals surface area contributed by atoms with Crippen LogP contribution in [-0.2, 0) is 17.1 Å². The van der Waals surface area contributed by atoms with E-state index in [1.807, 2.05) is 50.3 Å². The van der Waals surface area contributed by atoms with E-state index in [0.29, 0.717) is 0 Å². The van der Waals surface area contributed by atoms with Gasteiger partial charge in [0, 0.05) is 48.4 Å². The summed E-state index contributed by atoms with van der Waals surface area (Å²) in [5.74, 6) is 0. The molecule has 28 heavy (non-hydrogen) atoms. The second-order valence-electron chi connectivity index (χ2n) is 7.27. The Kier molecular flexibility index (Phi) is 4.74. The Labute approximate surface area is 164 Å². The lowest BCUT2D eigenvalue weighted by molar-refractivity contribution is 0.301. The average molecular weight is 397 g/mol. The maximum atomic E-state index is 12.9. The van der Waals surface area contributed by atoms with E-state index in [2.05, 4.69) is 32.6 Å². The van der Waals surface area contributed by atoms with Crippen LogP contribution in [0.3, 0.4) is 0 Å². The van der Waals surface area contributed by atoms with Crippen LogP contribution in [0.2, 0.25) is 0 Å². The number of aromatic nitrogens is 2. The molecule has 2 heterocycles. The average Bonchev–Trinajstić information content (AvgIpc) is 3.26. The van der Waals surface area contributed by atoms with Crippen molar-refractivity contribution in [3.63, 3.8) is 0 Å². The van der Waals surface area contributed by atoms with Crippen LogP contribution >= 0.6 is 0 Å². The van der Waals surface area contributed by atoms with Crippen LogP contribution in [0.4, 0.5) is 0 Å². The van der Waals surface area contributed by atoms with Gasteiger partial charge < -0.3 is 14.5 Å². The first-order valence-corrected chi connectivity index (χ1v) is 10.6. The minimum absolute atomic E-state index is 0.0879. The number of H-pyrrole nitrogens is 1. The quantitative estimate of drug-likeness (QED) is 0.526. The summed E-state index contributed by atoms with van der Waals surface area (Å²) in [6.45, 7) is 0.284. The maximum Gasteiger partial charge on any atom is 0.240 e. The molecule has 2 aromatic heterocycles. The Morgan fingerprint density at radius 1 is 1.14 bits per heavy atom. The van der Waals surface area contributed by atoms with Crippen molar-refractivity contribution < 1.29 is 8.42 Å². The largest absolute Gasteiger partial charge is 0.361 e. The second kappa shape index (κ2) is 7.09. The van der Waals surface area contributed by atoms with E-state index in [1.165, 1.54) is 0 Å². The number of nitrogens with zero attached hydrogens (tertiary/aromatic N) is 2. The number of nitrogens with one attached hydrogen (secondary N) is 2. The van der Waals surface area contributed by atoms with Crippen molar-refractivity contribution in [1.29, 1.82) is 0 Å². The minimum Gasteiger partial charge on any atom is -0.361 e. The van der Waals surface area contributed by atoms with Gasteiger partial charge in [0.2, 0.25) is 10.0 Å². The van der Waals surface area contributed by atoms with Gasteiger partial charge in [0.1, 0.15) is 0 Å². The highest BCUT2D eigenvalue weighted by Gasteiger charge is 2.23. The number of hydrogen-bond acceptors (Lipinski definition) is 3. The molecule has 2 aromatic carbocycles. The number of para-hydroxylation sites is 1. The van der Waals surface area contributed by atoms with Gasteiger partial charge in [-0.3, -0.25) is 0 Å². The third kappa shape index (κ3) is 3.32. The van der Waals surface area contributed by atoms with Gasteiger partial charge in [0.15, 0.2) is 0 Å². The van der Waals surface area contributed by atoms with Gasteiger partial charge in [-0.1, -0.05) is 24.3 Å². The van der Waals surface area contributed by atoms with Crippen molar-refractivity contribution in [3.05, 3.63) is 66.5 Å². The summed E-state index contributed by atoms with van der Waals surface area (Å²) in [4.78, 5) is 5.36. The van der Waals surface area contributed by atoms with Crippen molar-refractivity contribution in [2.75, 3.05) is 20.6 Å². The summed E-state index contributed by atoms with van der Waals surface area (Å²) < 4.78 is 30.6. The maximum absolute atomic E-state index is 12.9. The van der Waals surface area contributed by atoms with Crippen LogP contribution < -0.4 is 4.72 Å². The Morgan fingerprint density at radius 3 is 2.71 bits per heavy atom. The summed E-state index contributed by atoms with van der Waals surface area (Å²) in [6, 6.07) is 15.1. The molecule has 0 bridgehead atoms. The lowest BCUT2D eigenvalue weighted by Crippen LogP contribution is -2.34. The number of aryl methyl sites for hydroxylation is 1. The van der Waals surface area contributed by atoms with Gasteiger partial charge in [0.05, 0.1) is 4.90 Å². The van der Waals surface area contributed by atoms with Gasteiger partial charge >= 0.3 is 0 Å². The Balaban J connectivity index is 1.63. The second-order valence-corrected chi connectivity index (χ2v) is 9.04. The van der Waals surface area contributed by atoms with E-state index >= 15 is 0 Å². The number of hydrogen-bond donors (Lipinski definition) is 2. The van der Waals surface area contributed by atoms with Crippen LogP contribution in [0.25, 0.3) is 21.8 Å². The van der Waals surface area contributed by atoms with Crippen LogP contribution in [0.1, 0.15) is 11.6 Å². The fourth-order valence-corrected chi connectivity index (χ4v) is 4.74. The number of aromatic amines is 1. The van der Waals surface area contributed by atoms with Crippen molar-refractivity contribution in [2.45, 2.75) is 10.9 Å². The summed E-state index contributed by atoms with van der Waals surface area (Å²) in [7, 11) is 2.32. The highest BCUT2D eigenvalue weighted by atomic mass is 32.2. The molecule has 0 amide bonds. The SMILES string of the molecule is CN(C)C(CNS(=O)(=O)c1ccc2cc[nH]c2c1)c1cn(C)c2ccccc12. The summed E-state index contributed by atoms with van der Waals surface area (Å²) >= 11 is 0. The highest BCUT2D eigenvalue weighted by Crippen LogP contribution is 2.28. The zero-order chi connectivity index (χ0) is 19.9. The first-order valence-electron chi connectivity index (χ1n) is 9.14. The molecule has 6 nitrogen and oxygen atoms in total. The van der Waals surface area contributed by atoms with Crippen LogP contribution in [-0.4, -0.2) is 43.5 Å². The van der Waals surface area contributed by atoms with E-state index in [0.717, 1.165) is 27.4 Å². The van der Waals surface area contributed by atoms with Crippen LogP contribution in [0.5, 0.6) is 0 Å². The first kappa shape index (κ1) is 18.7.